The number of hydrogen-bond acceptors (Lipinski definition) is 6. The van der Waals surface area contributed by atoms with E-state index in [0.29, 0.717) is 5.57 Å². The number of carboxylic acid groups (broad SMARTS) is 1. The molecule has 3 aromatic rings. The molecule has 3 aromatic heterocycles. The van der Waals surface area contributed by atoms with Gasteiger partial charge >= 0.3 is 5.97 Å². The summed E-state index contributed by atoms with van der Waals surface area (Å²) < 4.78 is 4.03. The first-order valence-corrected chi connectivity index (χ1v) is 12.2. The lowest BCUT2D eigenvalue weighted by atomic mass is 9.77. The summed E-state index contributed by atoms with van der Waals surface area (Å²) >= 11 is 3.15. The number of rotatable bonds is 7. The van der Waals surface area contributed by atoms with Gasteiger partial charge in [0.05, 0.1) is 28.7 Å². The zero-order valence-electron chi connectivity index (χ0n) is 17.6. The van der Waals surface area contributed by atoms with Crippen molar-refractivity contribution >= 4 is 45.4 Å². The minimum Gasteiger partial charge on any atom is -0.477 e. The van der Waals surface area contributed by atoms with E-state index >= 15 is 0 Å². The Morgan fingerprint density at radius 1 is 1.34 bits per heavy atom. The summed E-state index contributed by atoms with van der Waals surface area (Å²) in [5.74, 6) is -1.32. The van der Waals surface area contributed by atoms with Gasteiger partial charge in [0.25, 0.3) is 0 Å². The average Bonchev–Trinajstić information content (AvgIpc) is 3.39. The van der Waals surface area contributed by atoms with E-state index in [4.69, 9.17) is 0 Å². The van der Waals surface area contributed by atoms with Crippen LogP contribution in [0.3, 0.4) is 0 Å². The second-order valence-electron chi connectivity index (χ2n) is 8.14. The van der Waals surface area contributed by atoms with E-state index in [2.05, 4.69) is 9.55 Å². The number of fused-ring (bicyclic) bond motifs is 2. The molecule has 10 heteroatoms. The van der Waals surface area contributed by atoms with E-state index in [1.54, 1.807) is 25.0 Å². The number of carbonyl (C=O) groups is 2. The number of nitrogens with zero attached hydrogens (tertiary/aromatic N) is 4. The fourth-order valence-electron chi connectivity index (χ4n) is 4.73. The molecule has 5 heterocycles. The lowest BCUT2D eigenvalue weighted by Crippen LogP contribution is -2.63. The molecule has 2 aliphatic rings. The van der Waals surface area contributed by atoms with Gasteiger partial charge in [-0.1, -0.05) is 24.8 Å². The van der Waals surface area contributed by atoms with Gasteiger partial charge in [-0.25, -0.2) is 14.3 Å². The molecule has 8 nitrogen and oxygen atoms in total. The highest BCUT2D eigenvalue weighted by molar-refractivity contribution is 7.99. The number of imidazole rings is 1. The minimum absolute atomic E-state index is 0.0385. The number of thiazole rings is 1. The summed E-state index contributed by atoms with van der Waals surface area (Å²) in [7, 11) is 0. The van der Waals surface area contributed by atoms with Gasteiger partial charge < -0.3 is 15.1 Å². The van der Waals surface area contributed by atoms with Gasteiger partial charge in [-0.2, -0.15) is 0 Å². The van der Waals surface area contributed by atoms with Crippen LogP contribution in [0, 0.1) is 11.8 Å². The second kappa shape index (κ2) is 8.02. The Morgan fingerprint density at radius 2 is 2.09 bits per heavy atom. The Kier molecular flexibility index (Phi) is 5.31. The number of aryl methyl sites for hydroxylation is 1. The predicted octanol–water partition coefficient (Wildman–Crippen LogP) is 2.13. The molecule has 0 spiro atoms. The molecule has 4 atom stereocenters. The maximum Gasteiger partial charge on any atom is 0.352 e. The molecule has 1 fully saturated rings. The van der Waals surface area contributed by atoms with Crippen LogP contribution in [0.4, 0.5) is 0 Å². The van der Waals surface area contributed by atoms with Crippen LogP contribution < -0.4 is 4.57 Å². The minimum atomic E-state index is -1.11. The summed E-state index contributed by atoms with van der Waals surface area (Å²) in [6.45, 7) is 4.38. The highest BCUT2D eigenvalue weighted by Gasteiger charge is 2.60. The quantitative estimate of drug-likeness (QED) is 0.311. The Morgan fingerprint density at radius 3 is 2.78 bits per heavy atom. The maximum absolute atomic E-state index is 12.6. The lowest BCUT2D eigenvalue weighted by Gasteiger charge is -2.46. The molecule has 5 rings (SSSR count). The monoisotopic (exact) mass is 471 g/mol. The van der Waals surface area contributed by atoms with Gasteiger partial charge in [0, 0.05) is 29.8 Å². The zero-order valence-corrected chi connectivity index (χ0v) is 19.2. The Labute approximate surface area is 192 Å². The van der Waals surface area contributed by atoms with Crippen LogP contribution in [0.2, 0.25) is 0 Å². The molecular weight excluding hydrogens is 448 g/mol. The van der Waals surface area contributed by atoms with E-state index in [1.165, 1.54) is 16.2 Å². The number of aliphatic carboxylic acids is 1. The van der Waals surface area contributed by atoms with E-state index in [1.807, 2.05) is 48.1 Å². The standard InChI is InChI=1S/C22H22N4O4S2/c1-12-15(18(22(29)30)26-17(12)16(13(2)27)20(26)28)14-10-25-11-23-19(21(25)32-14)31-9-8-24-6-4-3-5-7-24/h3-7,10-13,16-17,27H,8-9H2,1-2H3/p+1/t12-,13+,16+,17+/m0/s1. The van der Waals surface area contributed by atoms with Crippen molar-refractivity contribution in [2.75, 3.05) is 5.75 Å². The number of carbonyl (C=O) groups excluding carboxylic acids is 1. The maximum atomic E-state index is 12.6. The molecule has 0 aromatic carbocycles. The van der Waals surface area contributed by atoms with Gasteiger partial charge in [0.1, 0.15) is 21.9 Å². The zero-order chi connectivity index (χ0) is 22.6. The van der Waals surface area contributed by atoms with Crippen molar-refractivity contribution in [2.45, 2.75) is 37.6 Å². The molecule has 1 saturated heterocycles. The van der Waals surface area contributed by atoms with Crippen molar-refractivity contribution in [3.63, 3.8) is 0 Å². The molecular formula is C22H23N4O4S2+. The van der Waals surface area contributed by atoms with Gasteiger partial charge in [0.2, 0.25) is 5.91 Å². The van der Waals surface area contributed by atoms with Crippen LogP contribution in [-0.4, -0.2) is 54.3 Å². The third kappa shape index (κ3) is 3.25. The molecule has 0 radical (unpaired) electrons. The molecule has 0 saturated carbocycles. The first-order chi connectivity index (χ1) is 15.4. The van der Waals surface area contributed by atoms with Gasteiger partial charge in [-0.05, 0) is 6.92 Å². The Balaban J connectivity index is 1.43. The van der Waals surface area contributed by atoms with E-state index in [9.17, 15) is 19.8 Å². The van der Waals surface area contributed by atoms with Crippen LogP contribution in [-0.2, 0) is 16.1 Å². The summed E-state index contributed by atoms with van der Waals surface area (Å²) in [5, 5.41) is 20.8. The van der Waals surface area contributed by atoms with Crippen LogP contribution in [0.1, 0.15) is 18.7 Å². The van der Waals surface area contributed by atoms with Crippen molar-refractivity contribution in [2.24, 2.45) is 11.8 Å². The molecule has 2 N–H and O–H groups in total. The molecule has 32 heavy (non-hydrogen) atoms. The molecule has 166 valence electrons. The molecule has 1 amide bonds. The predicted molar refractivity (Wildman–Crippen MR) is 120 cm³/mol. The highest BCUT2D eigenvalue weighted by Crippen LogP contribution is 2.51. The number of hydrogen-bond donors (Lipinski definition) is 2. The highest BCUT2D eigenvalue weighted by atomic mass is 32.2. The summed E-state index contributed by atoms with van der Waals surface area (Å²) in [5.41, 5.74) is 0.694. The SMILES string of the molecule is C[C@@H](O)[C@H]1C(=O)N2C(C(=O)O)=C(c3cn4cnc(SCC[n+]5ccccc5)c4s3)[C@H](C)[C@H]12. The van der Waals surface area contributed by atoms with Crippen molar-refractivity contribution in [1.29, 1.82) is 0 Å². The number of aliphatic hydroxyl groups is 1. The number of pyridine rings is 1. The topological polar surface area (TPSA) is 99.0 Å². The number of β-lactam (4-membered cyclic amide) rings is 1. The Bertz CT molecular complexity index is 1230. The van der Waals surface area contributed by atoms with Crippen molar-refractivity contribution in [3.8, 4) is 0 Å². The summed E-state index contributed by atoms with van der Waals surface area (Å²) in [6, 6.07) is 5.66. The lowest BCUT2D eigenvalue weighted by molar-refractivity contribution is -0.692. The van der Waals surface area contributed by atoms with Crippen molar-refractivity contribution in [1.82, 2.24) is 14.3 Å². The fraction of sp³-hybridized carbons (Fsp3) is 0.364. The third-order valence-corrected chi connectivity index (χ3v) is 8.42. The van der Waals surface area contributed by atoms with Crippen LogP contribution in [0.5, 0.6) is 0 Å². The molecule has 0 bridgehead atoms. The molecule has 0 unspecified atom stereocenters. The molecule has 0 aliphatic carbocycles. The number of thioether (sulfide) groups is 1. The molecule has 2 aliphatic heterocycles. The number of carboxylic acids is 1. The van der Waals surface area contributed by atoms with Crippen LogP contribution in [0.25, 0.3) is 10.4 Å². The average molecular weight is 472 g/mol. The second-order valence-corrected chi connectivity index (χ2v) is 10.3. The third-order valence-electron chi connectivity index (χ3n) is 6.19. The van der Waals surface area contributed by atoms with Gasteiger partial charge in [-0.3, -0.25) is 9.20 Å². The van der Waals surface area contributed by atoms with E-state index < -0.39 is 18.0 Å². The Hall–Kier alpha value is -2.69. The number of aromatic nitrogens is 3. The van der Waals surface area contributed by atoms with Gasteiger partial charge in [0.15, 0.2) is 18.9 Å². The first kappa shape index (κ1) is 21.2. The number of aliphatic hydroxyl groups excluding tert-OH is 1. The number of amides is 1. The fourth-order valence-corrected chi connectivity index (χ4v) is 6.99. The smallest absolute Gasteiger partial charge is 0.352 e. The summed E-state index contributed by atoms with van der Waals surface area (Å²) in [6.07, 6.45) is 6.88. The van der Waals surface area contributed by atoms with Gasteiger partial charge in [-0.15, -0.1) is 11.3 Å². The van der Waals surface area contributed by atoms with Crippen molar-refractivity contribution in [3.05, 3.63) is 53.7 Å². The van der Waals surface area contributed by atoms with E-state index in [-0.39, 0.29) is 23.6 Å². The normalized spacial score (nSPS) is 23.5. The van der Waals surface area contributed by atoms with Crippen LogP contribution in [0.15, 0.2) is 53.8 Å². The summed E-state index contributed by atoms with van der Waals surface area (Å²) in [4.78, 5) is 32.3. The van der Waals surface area contributed by atoms with Crippen molar-refractivity contribution < 1.29 is 24.4 Å². The largest absolute Gasteiger partial charge is 0.477 e. The van der Waals surface area contributed by atoms with E-state index in [0.717, 1.165) is 27.0 Å². The first-order valence-electron chi connectivity index (χ1n) is 10.4. The van der Waals surface area contributed by atoms with Crippen LogP contribution >= 0.6 is 23.1 Å².